The van der Waals surface area contributed by atoms with Gasteiger partial charge in [-0.3, -0.25) is 4.99 Å². The zero-order valence-corrected chi connectivity index (χ0v) is 10.1. The van der Waals surface area contributed by atoms with Gasteiger partial charge in [0.05, 0.1) is 6.54 Å². The van der Waals surface area contributed by atoms with Crippen LogP contribution in [0.4, 0.5) is 0 Å². The SMILES string of the molecule is CC(N)c1ccccc1[C@]1(CN)C=CC=NC1. The molecular weight excluding hydrogens is 210 g/mol. The van der Waals surface area contributed by atoms with Crippen molar-refractivity contribution in [2.24, 2.45) is 16.5 Å². The number of hydrogen-bond donors (Lipinski definition) is 2. The highest BCUT2D eigenvalue weighted by atomic mass is 14.8. The first-order valence-corrected chi connectivity index (χ1v) is 5.92. The highest BCUT2D eigenvalue weighted by molar-refractivity contribution is 5.73. The predicted octanol–water partition coefficient (Wildman–Crippen LogP) is 1.54. The van der Waals surface area contributed by atoms with Crippen molar-refractivity contribution in [2.75, 3.05) is 13.1 Å². The summed E-state index contributed by atoms with van der Waals surface area (Å²) in [6, 6.07) is 8.24. The van der Waals surface area contributed by atoms with Crippen molar-refractivity contribution < 1.29 is 0 Å². The van der Waals surface area contributed by atoms with E-state index in [1.165, 1.54) is 5.56 Å². The van der Waals surface area contributed by atoms with Crippen molar-refractivity contribution in [1.82, 2.24) is 0 Å². The Labute approximate surface area is 102 Å². The van der Waals surface area contributed by atoms with Crippen molar-refractivity contribution >= 4 is 6.21 Å². The zero-order chi connectivity index (χ0) is 12.3. The van der Waals surface area contributed by atoms with Crippen LogP contribution in [0.5, 0.6) is 0 Å². The minimum atomic E-state index is -0.195. The molecule has 1 aliphatic rings. The van der Waals surface area contributed by atoms with Crippen LogP contribution in [-0.2, 0) is 5.41 Å². The van der Waals surface area contributed by atoms with Gasteiger partial charge in [-0.15, -0.1) is 0 Å². The molecule has 1 unspecified atom stereocenters. The molecule has 0 saturated carbocycles. The second-order valence-electron chi connectivity index (χ2n) is 4.59. The Morgan fingerprint density at radius 2 is 2.18 bits per heavy atom. The molecule has 2 atom stereocenters. The van der Waals surface area contributed by atoms with Crippen LogP contribution in [0.25, 0.3) is 0 Å². The van der Waals surface area contributed by atoms with Gasteiger partial charge in [0.2, 0.25) is 0 Å². The normalized spacial score (nSPS) is 24.9. The second kappa shape index (κ2) is 4.82. The molecule has 0 fully saturated rings. The Balaban J connectivity index is 2.51. The fourth-order valence-electron chi connectivity index (χ4n) is 2.32. The largest absolute Gasteiger partial charge is 0.329 e. The van der Waals surface area contributed by atoms with Crippen molar-refractivity contribution in [3.05, 3.63) is 47.5 Å². The zero-order valence-electron chi connectivity index (χ0n) is 10.1. The van der Waals surface area contributed by atoms with Crippen LogP contribution in [0.2, 0.25) is 0 Å². The average molecular weight is 229 g/mol. The number of benzene rings is 1. The summed E-state index contributed by atoms with van der Waals surface area (Å²) >= 11 is 0. The van der Waals surface area contributed by atoms with Crippen LogP contribution in [0.1, 0.15) is 24.1 Å². The number of rotatable bonds is 3. The second-order valence-corrected chi connectivity index (χ2v) is 4.59. The van der Waals surface area contributed by atoms with Crippen LogP contribution in [-0.4, -0.2) is 19.3 Å². The maximum absolute atomic E-state index is 6.03. The lowest BCUT2D eigenvalue weighted by molar-refractivity contribution is 0.546. The summed E-state index contributed by atoms with van der Waals surface area (Å²) in [7, 11) is 0. The number of dihydropyridines is 1. The van der Waals surface area contributed by atoms with Gasteiger partial charge < -0.3 is 11.5 Å². The Kier molecular flexibility index (Phi) is 3.41. The van der Waals surface area contributed by atoms with Gasteiger partial charge in [0.15, 0.2) is 0 Å². The summed E-state index contributed by atoms with van der Waals surface area (Å²) in [5.74, 6) is 0. The summed E-state index contributed by atoms with van der Waals surface area (Å²) < 4.78 is 0. The molecule has 2 rings (SSSR count). The van der Waals surface area contributed by atoms with E-state index < -0.39 is 0 Å². The molecule has 1 aliphatic heterocycles. The lowest BCUT2D eigenvalue weighted by Crippen LogP contribution is -2.39. The summed E-state index contributed by atoms with van der Waals surface area (Å²) in [6.45, 7) is 3.24. The van der Waals surface area contributed by atoms with E-state index in [2.05, 4.69) is 23.2 Å². The molecule has 1 heterocycles. The highest BCUT2D eigenvalue weighted by Crippen LogP contribution is 2.32. The van der Waals surface area contributed by atoms with Gasteiger partial charge in [0.1, 0.15) is 0 Å². The molecule has 3 nitrogen and oxygen atoms in total. The third kappa shape index (κ3) is 2.16. The molecule has 0 saturated heterocycles. The van der Waals surface area contributed by atoms with Crippen molar-refractivity contribution in [3.63, 3.8) is 0 Å². The van der Waals surface area contributed by atoms with Crippen molar-refractivity contribution in [2.45, 2.75) is 18.4 Å². The Morgan fingerprint density at radius 1 is 1.41 bits per heavy atom. The highest BCUT2D eigenvalue weighted by Gasteiger charge is 2.31. The number of nitrogens with two attached hydrogens (primary N) is 2. The minimum absolute atomic E-state index is 0.00827. The molecule has 1 aromatic rings. The van der Waals surface area contributed by atoms with Gasteiger partial charge in [0, 0.05) is 24.2 Å². The van der Waals surface area contributed by atoms with E-state index in [0.29, 0.717) is 13.1 Å². The fraction of sp³-hybridized carbons (Fsp3) is 0.357. The van der Waals surface area contributed by atoms with Gasteiger partial charge >= 0.3 is 0 Å². The molecule has 0 spiro atoms. The Morgan fingerprint density at radius 3 is 2.76 bits per heavy atom. The van der Waals surface area contributed by atoms with E-state index in [9.17, 15) is 0 Å². The third-order valence-electron chi connectivity index (χ3n) is 3.33. The monoisotopic (exact) mass is 229 g/mol. The Bertz CT molecular complexity index is 449. The lowest BCUT2D eigenvalue weighted by atomic mass is 9.76. The van der Waals surface area contributed by atoms with Crippen molar-refractivity contribution in [3.8, 4) is 0 Å². The van der Waals surface area contributed by atoms with Gasteiger partial charge in [0.25, 0.3) is 0 Å². The lowest BCUT2D eigenvalue weighted by Gasteiger charge is -2.32. The molecule has 3 heteroatoms. The van der Waals surface area contributed by atoms with Crippen LogP contribution in [0.3, 0.4) is 0 Å². The smallest absolute Gasteiger partial charge is 0.0533 e. The molecule has 0 bridgehead atoms. The summed E-state index contributed by atoms with van der Waals surface area (Å²) in [5.41, 5.74) is 14.2. The molecule has 1 aromatic carbocycles. The fourth-order valence-corrected chi connectivity index (χ4v) is 2.32. The van der Waals surface area contributed by atoms with E-state index in [1.54, 1.807) is 0 Å². The number of aliphatic imine (C=N–C) groups is 1. The van der Waals surface area contributed by atoms with Crippen LogP contribution >= 0.6 is 0 Å². The van der Waals surface area contributed by atoms with E-state index in [1.807, 2.05) is 31.3 Å². The molecule has 17 heavy (non-hydrogen) atoms. The molecule has 0 aromatic heterocycles. The number of hydrogen-bond acceptors (Lipinski definition) is 3. The first-order chi connectivity index (χ1) is 8.19. The van der Waals surface area contributed by atoms with Gasteiger partial charge in [-0.1, -0.05) is 30.3 Å². The van der Waals surface area contributed by atoms with Crippen LogP contribution in [0.15, 0.2) is 41.4 Å². The molecule has 90 valence electrons. The molecule has 0 aliphatic carbocycles. The molecular formula is C14H19N3. The average Bonchev–Trinajstić information content (AvgIpc) is 2.39. The maximum Gasteiger partial charge on any atom is 0.0533 e. The van der Waals surface area contributed by atoms with Gasteiger partial charge in [-0.05, 0) is 24.1 Å². The molecule has 4 N–H and O–H groups in total. The van der Waals surface area contributed by atoms with Gasteiger partial charge in [-0.2, -0.15) is 0 Å². The van der Waals surface area contributed by atoms with E-state index in [-0.39, 0.29) is 11.5 Å². The van der Waals surface area contributed by atoms with Crippen LogP contribution in [0, 0.1) is 0 Å². The first kappa shape index (κ1) is 12.0. The predicted molar refractivity (Wildman–Crippen MR) is 72.3 cm³/mol. The molecule has 0 radical (unpaired) electrons. The summed E-state index contributed by atoms with van der Waals surface area (Å²) in [5, 5.41) is 0. The third-order valence-corrected chi connectivity index (χ3v) is 3.33. The minimum Gasteiger partial charge on any atom is -0.329 e. The first-order valence-electron chi connectivity index (χ1n) is 5.92. The standard InChI is InChI=1S/C14H19N3/c1-11(16)12-5-2-3-6-13(12)14(9-15)7-4-8-17-10-14/h2-8,11H,9-10,15-16H2,1H3/t11?,14-/m0/s1. The Hall–Kier alpha value is -1.45. The number of allylic oxidation sites excluding steroid dienone is 1. The van der Waals surface area contributed by atoms with Crippen LogP contribution < -0.4 is 11.5 Å². The quantitative estimate of drug-likeness (QED) is 0.825. The van der Waals surface area contributed by atoms with E-state index in [4.69, 9.17) is 11.5 Å². The topological polar surface area (TPSA) is 64.4 Å². The van der Waals surface area contributed by atoms with Gasteiger partial charge in [-0.25, -0.2) is 0 Å². The van der Waals surface area contributed by atoms with Crippen molar-refractivity contribution in [1.29, 1.82) is 0 Å². The summed E-state index contributed by atoms with van der Waals surface area (Å²) in [6.07, 6.45) is 5.93. The maximum atomic E-state index is 6.03. The van der Waals surface area contributed by atoms with E-state index >= 15 is 0 Å². The van der Waals surface area contributed by atoms with E-state index in [0.717, 1.165) is 5.56 Å². The number of nitrogens with zero attached hydrogens (tertiary/aromatic N) is 1. The molecule has 0 amide bonds. The summed E-state index contributed by atoms with van der Waals surface area (Å²) in [4.78, 5) is 4.35.